The maximum atomic E-state index is 13.0. The maximum absolute atomic E-state index is 13.0. The molecule has 3 N–H and O–H groups in total. The van der Waals surface area contributed by atoms with Gasteiger partial charge in [-0.15, -0.1) is 11.6 Å². The third-order valence-electron chi connectivity index (χ3n) is 3.45. The number of hydrogen-bond donors (Lipinski definition) is 2. The number of nitrogens with two attached hydrogens (primary N) is 1. The second kappa shape index (κ2) is 10.7. The van der Waals surface area contributed by atoms with E-state index in [1.54, 1.807) is 13.1 Å². The number of alkyl halides is 1. The number of aromatic amines is 1. The van der Waals surface area contributed by atoms with Gasteiger partial charge in [-0.25, -0.2) is 8.78 Å². The van der Waals surface area contributed by atoms with Crippen LogP contribution < -0.4 is 35.3 Å². The number of benzene rings is 2. The molecule has 0 atom stereocenters. The molecule has 0 fully saturated rings. The van der Waals surface area contributed by atoms with Gasteiger partial charge in [-0.1, -0.05) is 0 Å². The summed E-state index contributed by atoms with van der Waals surface area (Å²) in [6, 6.07) is 8.16. The van der Waals surface area contributed by atoms with Gasteiger partial charge in [0.25, 0.3) is 0 Å². The molecular weight excluding hydrogens is 367 g/mol. The molecule has 1 aromatic heterocycles. The number of aryl methyl sites for hydroxylation is 2. The van der Waals surface area contributed by atoms with Crippen LogP contribution in [0.15, 0.2) is 36.5 Å². The van der Waals surface area contributed by atoms with Crippen LogP contribution in [-0.2, 0) is 0 Å². The molecule has 26 heavy (non-hydrogen) atoms. The third kappa shape index (κ3) is 5.84. The molecule has 2 aromatic carbocycles. The van der Waals surface area contributed by atoms with Gasteiger partial charge in [-0.05, 0) is 55.3 Å². The Bertz CT molecular complexity index is 908. The summed E-state index contributed by atoms with van der Waals surface area (Å²) >= 11 is 5.34. The summed E-state index contributed by atoms with van der Waals surface area (Å²) < 4.78 is 26.1. The molecule has 0 aliphatic rings. The largest absolute Gasteiger partial charge is 1.00 e. The molecule has 3 rings (SSSR count). The first-order valence-corrected chi connectivity index (χ1v) is 7.75. The van der Waals surface area contributed by atoms with Gasteiger partial charge in [0.1, 0.15) is 11.6 Å². The molecule has 3 aromatic rings. The molecule has 0 spiro atoms. The molecule has 3 nitrogen and oxygen atoms in total. The smallest absolute Gasteiger partial charge is 1.00 e. The predicted octanol–water partition coefficient (Wildman–Crippen LogP) is 1.49. The standard InChI is InChI=1S/C9H9ClFNO.C9H8FN.B.Na.H/c1-5-2-6(8(13)4-10)9(12)7(11)3-5;1-6-4-7-2-3-11-9(7)8(10)5-6;;;/h2-3H,4,12H2,1H3;2-5,11H,1H3;;;/q;;;+1;-1. The van der Waals surface area contributed by atoms with Gasteiger partial charge in [-0.2, -0.15) is 0 Å². The molecule has 0 aliphatic heterocycles. The Kier molecular flexibility index (Phi) is 10.2. The zero-order chi connectivity index (χ0) is 17.9. The number of aromatic nitrogens is 1. The monoisotopic (exact) mass is 385 g/mol. The van der Waals surface area contributed by atoms with Crippen LogP contribution in [0.4, 0.5) is 14.5 Å². The van der Waals surface area contributed by atoms with E-state index >= 15 is 0 Å². The van der Waals surface area contributed by atoms with E-state index in [1.165, 1.54) is 18.2 Å². The molecule has 8 heteroatoms. The molecular formula is C18H18BClF2N2NaO. The predicted molar refractivity (Wildman–Crippen MR) is 100 cm³/mol. The summed E-state index contributed by atoms with van der Waals surface area (Å²) in [6.07, 6.45) is 1.74. The minimum atomic E-state index is -0.575. The van der Waals surface area contributed by atoms with Crippen molar-refractivity contribution in [3.05, 3.63) is 64.9 Å². The zero-order valence-electron chi connectivity index (χ0n) is 15.9. The minimum Gasteiger partial charge on any atom is -1.00 e. The van der Waals surface area contributed by atoms with E-state index in [9.17, 15) is 13.6 Å². The number of halogens is 3. The number of H-pyrrole nitrogens is 1. The quantitative estimate of drug-likeness (QED) is 0.304. The molecule has 0 unspecified atom stereocenters. The van der Waals surface area contributed by atoms with E-state index in [1.807, 2.05) is 19.1 Å². The summed E-state index contributed by atoms with van der Waals surface area (Å²) in [5, 5.41) is 0.933. The van der Waals surface area contributed by atoms with Crippen LogP contribution in [0, 0.1) is 25.5 Å². The number of carbonyl (C=O) groups excluding carboxylic acids is 1. The molecule has 131 valence electrons. The van der Waals surface area contributed by atoms with Crippen molar-refractivity contribution in [2.75, 3.05) is 11.6 Å². The summed E-state index contributed by atoms with van der Waals surface area (Å²) in [6.45, 7) is 3.57. The van der Waals surface area contributed by atoms with Crippen LogP contribution in [0.5, 0.6) is 0 Å². The molecule has 0 bridgehead atoms. The number of carbonyl (C=O) groups is 1. The van der Waals surface area contributed by atoms with Crippen molar-refractivity contribution in [2.24, 2.45) is 0 Å². The van der Waals surface area contributed by atoms with Crippen molar-refractivity contribution >= 4 is 42.4 Å². The number of nitrogen functional groups attached to an aromatic ring is 1. The van der Waals surface area contributed by atoms with E-state index < -0.39 is 5.82 Å². The summed E-state index contributed by atoms with van der Waals surface area (Å²) in [4.78, 5) is 14.0. The van der Waals surface area contributed by atoms with E-state index in [2.05, 4.69) is 4.98 Å². The van der Waals surface area contributed by atoms with Crippen LogP contribution in [0.25, 0.3) is 10.9 Å². The van der Waals surface area contributed by atoms with Gasteiger partial charge in [0.15, 0.2) is 5.78 Å². The van der Waals surface area contributed by atoms with E-state index in [0.717, 1.165) is 10.9 Å². The first kappa shape index (κ1) is 24.7. The fourth-order valence-electron chi connectivity index (χ4n) is 2.32. The van der Waals surface area contributed by atoms with Gasteiger partial charge in [0.05, 0.1) is 17.1 Å². The molecule has 3 radical (unpaired) electrons. The van der Waals surface area contributed by atoms with E-state index in [-0.39, 0.29) is 68.1 Å². The Labute approximate surface area is 181 Å². The number of nitrogens with one attached hydrogen (secondary N) is 1. The third-order valence-corrected chi connectivity index (χ3v) is 3.69. The fraction of sp³-hybridized carbons (Fsp3) is 0.167. The summed E-state index contributed by atoms with van der Waals surface area (Å²) in [5.41, 5.74) is 7.60. The Morgan fingerprint density at radius 3 is 2.35 bits per heavy atom. The van der Waals surface area contributed by atoms with Gasteiger partial charge in [-0.3, -0.25) is 4.79 Å². The molecule has 0 saturated carbocycles. The van der Waals surface area contributed by atoms with Crippen molar-refractivity contribution in [1.29, 1.82) is 0 Å². The van der Waals surface area contributed by atoms with E-state index in [0.29, 0.717) is 11.1 Å². The molecule has 0 amide bonds. The molecule has 1 heterocycles. The van der Waals surface area contributed by atoms with Crippen molar-refractivity contribution in [1.82, 2.24) is 4.98 Å². The number of ketones is 1. The first-order chi connectivity index (χ1) is 11.3. The number of rotatable bonds is 2. The van der Waals surface area contributed by atoms with Crippen LogP contribution in [0.3, 0.4) is 0 Å². The van der Waals surface area contributed by atoms with Gasteiger partial charge in [0, 0.05) is 25.6 Å². The molecule has 0 saturated heterocycles. The second-order valence-electron chi connectivity index (χ2n) is 5.45. The van der Waals surface area contributed by atoms with Gasteiger partial charge in [0.2, 0.25) is 0 Å². The average Bonchev–Trinajstić information content (AvgIpc) is 2.99. The van der Waals surface area contributed by atoms with Crippen molar-refractivity contribution in [2.45, 2.75) is 13.8 Å². The second-order valence-corrected chi connectivity index (χ2v) is 5.72. The van der Waals surface area contributed by atoms with Crippen LogP contribution in [0.1, 0.15) is 22.9 Å². The Balaban J connectivity index is 0. The van der Waals surface area contributed by atoms with Crippen molar-refractivity contribution < 1.29 is 44.6 Å². The van der Waals surface area contributed by atoms with E-state index in [4.69, 9.17) is 17.3 Å². The molecule has 0 aliphatic carbocycles. The average molecular weight is 386 g/mol. The number of hydrogen-bond acceptors (Lipinski definition) is 2. The topological polar surface area (TPSA) is 58.9 Å². The summed E-state index contributed by atoms with van der Waals surface area (Å²) in [7, 11) is 0. The van der Waals surface area contributed by atoms with Gasteiger partial charge >= 0.3 is 29.6 Å². The SMILES string of the molecule is Cc1cc(F)c(N)c(C(=O)CCl)c1.Cc1cc(F)c2[nH]ccc2c1.[B].[H-].[Na+]. The van der Waals surface area contributed by atoms with Crippen molar-refractivity contribution in [3.8, 4) is 0 Å². The Hall–Kier alpha value is -1.34. The normalized spacial score (nSPS) is 9.58. The van der Waals surface area contributed by atoms with Crippen LogP contribution in [0.2, 0.25) is 0 Å². The maximum Gasteiger partial charge on any atom is 1.00 e. The fourth-order valence-corrected chi connectivity index (χ4v) is 2.47. The Morgan fingerprint density at radius 2 is 1.73 bits per heavy atom. The van der Waals surface area contributed by atoms with Crippen LogP contribution >= 0.6 is 11.6 Å². The number of fused-ring (bicyclic) bond motifs is 1. The minimum absolute atomic E-state index is 0. The number of anilines is 1. The van der Waals surface area contributed by atoms with Crippen molar-refractivity contribution in [3.63, 3.8) is 0 Å². The van der Waals surface area contributed by atoms with Crippen LogP contribution in [-0.4, -0.2) is 25.1 Å². The van der Waals surface area contributed by atoms with Gasteiger partial charge < -0.3 is 12.1 Å². The Morgan fingerprint density at radius 1 is 1.15 bits per heavy atom. The first-order valence-electron chi connectivity index (χ1n) is 7.21. The number of Topliss-reactive ketones (excluding diaryl/α,β-unsaturated/α-hetero) is 1. The zero-order valence-corrected chi connectivity index (χ0v) is 17.6. The summed E-state index contributed by atoms with van der Waals surface area (Å²) in [5.74, 6) is -1.30.